The molecule has 0 spiro atoms. The van der Waals surface area contributed by atoms with Crippen molar-refractivity contribution in [2.24, 2.45) is 0 Å². The molecule has 0 aliphatic heterocycles. The van der Waals surface area contributed by atoms with E-state index in [9.17, 15) is 19.2 Å². The largest absolute Gasteiger partial charge is 0.478 e. The van der Waals surface area contributed by atoms with Crippen LogP contribution in [-0.2, 0) is 0 Å². The van der Waals surface area contributed by atoms with Crippen molar-refractivity contribution < 1.29 is 39.6 Å². The van der Waals surface area contributed by atoms with Crippen LogP contribution in [-0.4, -0.2) is 44.3 Å². The highest BCUT2D eigenvalue weighted by molar-refractivity contribution is 5.92. The Balaban J connectivity index is 0.000000251. The minimum Gasteiger partial charge on any atom is -0.478 e. The number of hydrogen-bond acceptors (Lipinski definition) is 5. The third-order valence-electron chi connectivity index (χ3n) is 2.75. The predicted molar refractivity (Wildman–Crippen MR) is 80.7 cm³/mol. The van der Waals surface area contributed by atoms with Crippen molar-refractivity contribution in [2.75, 3.05) is 0 Å². The van der Waals surface area contributed by atoms with Crippen LogP contribution >= 0.6 is 0 Å². The van der Waals surface area contributed by atoms with Gasteiger partial charge in [-0.05, 0) is 48.5 Å². The molecule has 0 heterocycles. The third kappa shape index (κ3) is 5.26. The zero-order valence-corrected chi connectivity index (χ0v) is 12.0. The molecule has 4 N–H and O–H groups in total. The minimum absolute atomic E-state index is 0.0833. The molecule has 2 rings (SSSR count). The molecule has 2 aromatic rings. The summed E-state index contributed by atoms with van der Waals surface area (Å²) >= 11 is 0. The van der Waals surface area contributed by atoms with Crippen LogP contribution in [0, 0.1) is 0 Å². The maximum absolute atomic E-state index is 10.7. The number of carbonyl (C=O) groups is 4. The van der Waals surface area contributed by atoms with Gasteiger partial charge in [0.2, 0.25) is 0 Å². The number of carboxylic acid groups (broad SMARTS) is 4. The first kappa shape index (κ1) is 16.7. The van der Waals surface area contributed by atoms with Gasteiger partial charge in [-0.1, -0.05) is 0 Å². The summed E-state index contributed by atoms with van der Waals surface area (Å²) in [5, 5.41) is 29.2. The highest BCUT2D eigenvalue weighted by Crippen LogP contribution is 2.04. The molecule has 0 radical (unpaired) electrons. The standard InChI is InChI=1S/2C8H6O4/c2*9-7(10)5-1-2-6(4-3-5)8(11)12/h2*1-4H,(H,9,10)(H,11,12)/i/hD. The average molecular weight is 333 g/mol. The number of benzene rings is 2. The van der Waals surface area contributed by atoms with E-state index < -0.39 is 23.9 Å². The van der Waals surface area contributed by atoms with Crippen LogP contribution in [0.25, 0.3) is 1.43 Å². The van der Waals surface area contributed by atoms with Crippen molar-refractivity contribution in [1.82, 2.24) is 0 Å². The quantitative estimate of drug-likeness (QED) is 0.665. The summed E-state index contributed by atoms with van der Waals surface area (Å²) < 4.78 is 6.32. The van der Waals surface area contributed by atoms with E-state index in [2.05, 4.69) is 5.11 Å². The first-order chi connectivity index (χ1) is 11.8. The zero-order valence-electron chi connectivity index (χ0n) is 13.0. The first-order valence-electron chi connectivity index (χ1n) is 6.74. The minimum atomic E-state index is -1.06. The SMILES string of the molecule is O=C(O)c1ccc(C(=O)O)cc1.[2H]OC(=O)c1ccc(C(=O)O)cc1. The van der Waals surface area contributed by atoms with Crippen LogP contribution in [0.2, 0.25) is 0 Å². The second kappa shape index (κ2) is 8.08. The monoisotopic (exact) mass is 333 g/mol. The van der Waals surface area contributed by atoms with Crippen LogP contribution in [0.1, 0.15) is 41.4 Å². The lowest BCUT2D eigenvalue weighted by Gasteiger charge is -1.94. The Kier molecular flexibility index (Phi) is 5.62. The van der Waals surface area contributed by atoms with Gasteiger partial charge < -0.3 is 20.4 Å². The van der Waals surface area contributed by atoms with E-state index in [4.69, 9.17) is 16.8 Å². The van der Waals surface area contributed by atoms with Crippen LogP contribution in [0.4, 0.5) is 0 Å². The van der Waals surface area contributed by atoms with Gasteiger partial charge in [0.15, 0.2) is 0 Å². The van der Waals surface area contributed by atoms with Gasteiger partial charge in [-0.25, -0.2) is 19.2 Å². The lowest BCUT2D eigenvalue weighted by molar-refractivity contribution is 0.0681. The van der Waals surface area contributed by atoms with Crippen LogP contribution in [0.3, 0.4) is 0 Å². The zero-order chi connectivity index (χ0) is 19.0. The molecule has 0 aromatic heterocycles. The summed E-state index contributed by atoms with van der Waals surface area (Å²) in [5.74, 6) is -4.00. The Morgan fingerprint density at radius 3 is 0.917 bits per heavy atom. The van der Waals surface area contributed by atoms with Crippen molar-refractivity contribution in [1.29, 1.82) is 1.43 Å². The Morgan fingerprint density at radius 1 is 0.542 bits per heavy atom. The molecular formula is C16H12O8. The second-order valence-electron chi connectivity index (χ2n) is 4.36. The number of rotatable bonds is 4. The van der Waals surface area contributed by atoms with E-state index in [1.54, 1.807) is 0 Å². The summed E-state index contributed by atoms with van der Waals surface area (Å²) in [4.78, 5) is 41.8. The third-order valence-corrected chi connectivity index (χ3v) is 2.75. The molecule has 0 fully saturated rings. The van der Waals surface area contributed by atoms with Gasteiger partial charge in [0, 0.05) is 0 Å². The van der Waals surface area contributed by atoms with Crippen LogP contribution in [0.15, 0.2) is 48.5 Å². The van der Waals surface area contributed by atoms with Crippen molar-refractivity contribution in [2.45, 2.75) is 0 Å². The Hall–Kier alpha value is -3.68. The highest BCUT2D eigenvalue weighted by atomic mass is 16.4. The van der Waals surface area contributed by atoms with E-state index in [0.717, 1.165) is 0 Å². The predicted octanol–water partition coefficient (Wildman–Crippen LogP) is 2.17. The van der Waals surface area contributed by atoms with E-state index in [1.165, 1.54) is 48.5 Å². The van der Waals surface area contributed by atoms with E-state index >= 15 is 0 Å². The van der Waals surface area contributed by atoms with Crippen molar-refractivity contribution >= 4 is 23.9 Å². The molecule has 0 unspecified atom stereocenters. The molecule has 124 valence electrons. The average Bonchev–Trinajstić information content (AvgIpc) is 2.61. The molecule has 24 heavy (non-hydrogen) atoms. The maximum atomic E-state index is 10.7. The Morgan fingerprint density at radius 2 is 0.750 bits per heavy atom. The number of carboxylic acids is 4. The van der Waals surface area contributed by atoms with Gasteiger partial charge in [-0.2, -0.15) is 0 Å². The fourth-order valence-electron chi connectivity index (χ4n) is 1.50. The van der Waals surface area contributed by atoms with Gasteiger partial charge >= 0.3 is 23.9 Å². The van der Waals surface area contributed by atoms with Crippen LogP contribution < -0.4 is 0 Å². The Labute approximate surface area is 136 Å². The van der Waals surface area contributed by atoms with E-state index in [-0.39, 0.29) is 22.3 Å². The fourth-order valence-corrected chi connectivity index (χ4v) is 1.50. The molecule has 0 amide bonds. The smallest absolute Gasteiger partial charge is 0.335 e. The second-order valence-corrected chi connectivity index (χ2v) is 4.36. The van der Waals surface area contributed by atoms with Crippen LogP contribution in [0.5, 0.6) is 0 Å². The summed E-state index contributed by atoms with van der Waals surface area (Å²) in [7, 11) is 0. The molecule has 8 heteroatoms. The van der Waals surface area contributed by atoms with Crippen molar-refractivity contribution in [3.8, 4) is 0 Å². The molecule has 2 aromatic carbocycles. The topological polar surface area (TPSA) is 149 Å². The molecule has 0 aliphatic rings. The molecule has 0 aliphatic carbocycles. The first-order valence-corrected chi connectivity index (χ1v) is 6.33. The van der Waals surface area contributed by atoms with Gasteiger partial charge in [-0.15, -0.1) is 0 Å². The van der Waals surface area contributed by atoms with Crippen molar-refractivity contribution in [3.05, 3.63) is 70.8 Å². The summed E-state index contributed by atoms with van der Waals surface area (Å²) in [5.41, 5.74) is 0.404. The molecule has 8 nitrogen and oxygen atoms in total. The lowest BCUT2D eigenvalue weighted by Crippen LogP contribution is -1.99. The molecule has 0 bridgehead atoms. The lowest BCUT2D eigenvalue weighted by atomic mass is 10.1. The molecule has 0 saturated heterocycles. The highest BCUT2D eigenvalue weighted by Gasteiger charge is 2.05. The van der Waals surface area contributed by atoms with E-state index in [1.807, 2.05) is 0 Å². The van der Waals surface area contributed by atoms with Gasteiger partial charge in [-0.3, -0.25) is 0 Å². The van der Waals surface area contributed by atoms with Crippen molar-refractivity contribution in [3.63, 3.8) is 0 Å². The fraction of sp³-hybridized carbons (Fsp3) is 0. The molecule has 0 saturated carbocycles. The summed E-state index contributed by atoms with van der Waals surface area (Å²) in [6.45, 7) is 0. The molecule has 0 atom stereocenters. The normalized spacial score (nSPS) is 9.75. The Bertz CT molecular complexity index is 748. The van der Waals surface area contributed by atoms with Gasteiger partial charge in [0.25, 0.3) is 1.43 Å². The maximum Gasteiger partial charge on any atom is 0.335 e. The number of aromatic carboxylic acids is 4. The summed E-state index contributed by atoms with van der Waals surface area (Å²) in [6, 6.07) is 10.2. The molecular weight excluding hydrogens is 320 g/mol. The number of hydrogen-bond donors (Lipinski definition) is 4. The van der Waals surface area contributed by atoms with E-state index in [0.29, 0.717) is 0 Å². The summed E-state index contributed by atoms with van der Waals surface area (Å²) in [6.07, 6.45) is 0. The van der Waals surface area contributed by atoms with Gasteiger partial charge in [0.05, 0.1) is 22.3 Å². The van der Waals surface area contributed by atoms with Gasteiger partial charge in [0.1, 0.15) is 0 Å².